The summed E-state index contributed by atoms with van der Waals surface area (Å²) in [4.78, 5) is 26.6. The summed E-state index contributed by atoms with van der Waals surface area (Å²) in [6, 6.07) is 18.8. The second kappa shape index (κ2) is 9.81. The molecule has 32 heavy (non-hydrogen) atoms. The number of aromatic amines is 1. The Morgan fingerprint density at radius 3 is 2.47 bits per heavy atom. The number of H-pyrrole nitrogens is 1. The fourth-order valence-electron chi connectivity index (χ4n) is 4.39. The fourth-order valence-corrected chi connectivity index (χ4v) is 4.39. The molecule has 0 bridgehead atoms. The Labute approximate surface area is 189 Å². The summed E-state index contributed by atoms with van der Waals surface area (Å²) in [6.07, 6.45) is 7.49. The second-order valence-corrected chi connectivity index (χ2v) is 8.74. The number of benzene rings is 2. The maximum atomic E-state index is 12.7. The standard InChI is InChI=1S/C26H30N4O2/c1-30(16-13-21-18-27-28-19-21)25(32)12-15-26(14-11-24(31)29-26)17-20-7-9-23(10-8-20)22-5-3-2-4-6-22/h2-10,18-19H,11-17H2,1H3,(H,27,28)(H,29,31). The van der Waals surface area contributed by atoms with Gasteiger partial charge in [-0.3, -0.25) is 14.7 Å². The lowest BCUT2D eigenvalue weighted by Crippen LogP contribution is -2.44. The van der Waals surface area contributed by atoms with E-state index in [-0.39, 0.29) is 17.4 Å². The van der Waals surface area contributed by atoms with Crippen molar-refractivity contribution in [3.63, 3.8) is 0 Å². The number of rotatable bonds is 9. The zero-order valence-corrected chi connectivity index (χ0v) is 18.5. The molecule has 0 spiro atoms. The van der Waals surface area contributed by atoms with E-state index in [2.05, 4.69) is 51.9 Å². The molecule has 1 aliphatic heterocycles. The summed E-state index contributed by atoms with van der Waals surface area (Å²) in [6.45, 7) is 0.651. The Morgan fingerprint density at radius 2 is 1.81 bits per heavy atom. The monoisotopic (exact) mass is 430 g/mol. The smallest absolute Gasteiger partial charge is 0.222 e. The maximum Gasteiger partial charge on any atom is 0.222 e. The average Bonchev–Trinajstić information content (AvgIpc) is 3.47. The predicted molar refractivity (Wildman–Crippen MR) is 125 cm³/mol. The Morgan fingerprint density at radius 1 is 1.06 bits per heavy atom. The van der Waals surface area contributed by atoms with Crippen LogP contribution < -0.4 is 5.32 Å². The number of nitrogens with zero attached hydrogens (tertiary/aromatic N) is 2. The van der Waals surface area contributed by atoms with Gasteiger partial charge in [0, 0.05) is 38.2 Å². The molecule has 6 heteroatoms. The van der Waals surface area contributed by atoms with Crippen LogP contribution in [-0.4, -0.2) is 46.0 Å². The summed E-state index contributed by atoms with van der Waals surface area (Å²) < 4.78 is 0. The van der Waals surface area contributed by atoms with Gasteiger partial charge in [-0.15, -0.1) is 0 Å². The molecule has 2 N–H and O–H groups in total. The average molecular weight is 431 g/mol. The van der Waals surface area contributed by atoms with Gasteiger partial charge >= 0.3 is 0 Å². The van der Waals surface area contributed by atoms with Crippen LogP contribution in [0.1, 0.15) is 36.8 Å². The molecule has 0 aliphatic carbocycles. The largest absolute Gasteiger partial charge is 0.350 e. The number of aromatic nitrogens is 2. The Hall–Kier alpha value is -3.41. The first-order chi connectivity index (χ1) is 15.5. The summed E-state index contributed by atoms with van der Waals surface area (Å²) in [5.74, 6) is 0.181. The molecule has 166 valence electrons. The van der Waals surface area contributed by atoms with E-state index in [1.807, 2.05) is 31.4 Å². The molecule has 0 radical (unpaired) electrons. The highest BCUT2D eigenvalue weighted by Gasteiger charge is 2.38. The Bertz CT molecular complexity index is 1030. The number of hydrogen-bond donors (Lipinski definition) is 2. The van der Waals surface area contributed by atoms with Crippen LogP contribution in [0.2, 0.25) is 0 Å². The molecule has 2 heterocycles. The minimum Gasteiger partial charge on any atom is -0.350 e. The third-order valence-corrected chi connectivity index (χ3v) is 6.37. The number of hydrogen-bond acceptors (Lipinski definition) is 3. The van der Waals surface area contributed by atoms with Crippen molar-refractivity contribution in [3.8, 4) is 11.1 Å². The van der Waals surface area contributed by atoms with Crippen LogP contribution in [0.3, 0.4) is 0 Å². The second-order valence-electron chi connectivity index (χ2n) is 8.74. The van der Waals surface area contributed by atoms with E-state index in [0.29, 0.717) is 25.8 Å². The lowest BCUT2D eigenvalue weighted by Gasteiger charge is -2.30. The van der Waals surface area contributed by atoms with E-state index in [4.69, 9.17) is 0 Å². The molecule has 2 aromatic carbocycles. The fraction of sp³-hybridized carbons (Fsp3) is 0.346. The Kier molecular flexibility index (Phi) is 6.69. The zero-order valence-electron chi connectivity index (χ0n) is 18.5. The summed E-state index contributed by atoms with van der Waals surface area (Å²) >= 11 is 0. The molecule has 1 aromatic heterocycles. The van der Waals surface area contributed by atoms with E-state index in [1.165, 1.54) is 16.7 Å². The van der Waals surface area contributed by atoms with Gasteiger partial charge < -0.3 is 10.2 Å². The third kappa shape index (κ3) is 5.44. The first kappa shape index (κ1) is 21.8. The van der Waals surface area contributed by atoms with E-state index in [9.17, 15) is 9.59 Å². The van der Waals surface area contributed by atoms with Gasteiger partial charge in [0.05, 0.1) is 6.20 Å². The zero-order chi connectivity index (χ0) is 22.4. The third-order valence-electron chi connectivity index (χ3n) is 6.37. The summed E-state index contributed by atoms with van der Waals surface area (Å²) in [5.41, 5.74) is 4.27. The topological polar surface area (TPSA) is 78.1 Å². The molecule has 1 unspecified atom stereocenters. The van der Waals surface area contributed by atoms with E-state index in [0.717, 1.165) is 24.8 Å². The van der Waals surface area contributed by atoms with Crippen molar-refractivity contribution in [1.82, 2.24) is 20.4 Å². The molecular formula is C26H30N4O2. The highest BCUT2D eigenvalue weighted by Crippen LogP contribution is 2.30. The lowest BCUT2D eigenvalue weighted by molar-refractivity contribution is -0.130. The van der Waals surface area contributed by atoms with Crippen molar-refractivity contribution < 1.29 is 9.59 Å². The van der Waals surface area contributed by atoms with Gasteiger partial charge in [0.25, 0.3) is 0 Å². The van der Waals surface area contributed by atoms with Crippen LogP contribution in [-0.2, 0) is 22.4 Å². The number of likely N-dealkylation sites (N-methyl/N-ethyl adjacent to an activating group) is 1. The molecular weight excluding hydrogens is 400 g/mol. The first-order valence-electron chi connectivity index (χ1n) is 11.2. The van der Waals surface area contributed by atoms with Crippen LogP contribution in [0.25, 0.3) is 11.1 Å². The molecule has 3 aromatic rings. The van der Waals surface area contributed by atoms with Gasteiger partial charge in [0.15, 0.2) is 0 Å². The minimum atomic E-state index is -0.355. The molecule has 1 saturated heterocycles. The van der Waals surface area contributed by atoms with Crippen LogP contribution in [0.4, 0.5) is 0 Å². The molecule has 6 nitrogen and oxygen atoms in total. The maximum absolute atomic E-state index is 12.7. The van der Waals surface area contributed by atoms with Gasteiger partial charge in [-0.2, -0.15) is 5.10 Å². The van der Waals surface area contributed by atoms with Gasteiger partial charge in [-0.25, -0.2) is 0 Å². The molecule has 1 fully saturated rings. The number of carbonyl (C=O) groups excluding carboxylic acids is 2. The first-order valence-corrected chi connectivity index (χ1v) is 11.2. The highest BCUT2D eigenvalue weighted by molar-refractivity contribution is 5.80. The van der Waals surface area contributed by atoms with Gasteiger partial charge in [-0.05, 0) is 47.9 Å². The highest BCUT2D eigenvalue weighted by atomic mass is 16.2. The van der Waals surface area contributed by atoms with Gasteiger partial charge in [0.1, 0.15) is 0 Å². The normalized spacial score (nSPS) is 17.8. The van der Waals surface area contributed by atoms with E-state index >= 15 is 0 Å². The van der Waals surface area contributed by atoms with Gasteiger partial charge in [0.2, 0.25) is 11.8 Å². The molecule has 1 atom stereocenters. The van der Waals surface area contributed by atoms with Crippen LogP contribution in [0, 0.1) is 0 Å². The van der Waals surface area contributed by atoms with Crippen molar-refractivity contribution in [2.24, 2.45) is 0 Å². The molecule has 4 rings (SSSR count). The lowest BCUT2D eigenvalue weighted by atomic mass is 9.84. The minimum absolute atomic E-state index is 0.0756. The molecule has 2 amide bonds. The number of amides is 2. The molecule has 0 saturated carbocycles. The quantitative estimate of drug-likeness (QED) is 0.543. The van der Waals surface area contributed by atoms with Crippen molar-refractivity contribution in [2.45, 2.75) is 44.1 Å². The van der Waals surface area contributed by atoms with Crippen molar-refractivity contribution in [2.75, 3.05) is 13.6 Å². The number of carbonyl (C=O) groups is 2. The van der Waals surface area contributed by atoms with Crippen molar-refractivity contribution in [3.05, 3.63) is 78.1 Å². The van der Waals surface area contributed by atoms with Crippen LogP contribution >= 0.6 is 0 Å². The van der Waals surface area contributed by atoms with E-state index in [1.54, 1.807) is 11.1 Å². The Balaban J connectivity index is 1.37. The van der Waals surface area contributed by atoms with Crippen LogP contribution in [0.5, 0.6) is 0 Å². The summed E-state index contributed by atoms with van der Waals surface area (Å²) in [5, 5.41) is 9.93. The van der Waals surface area contributed by atoms with Crippen molar-refractivity contribution in [1.29, 1.82) is 0 Å². The van der Waals surface area contributed by atoms with E-state index < -0.39 is 0 Å². The molecule has 1 aliphatic rings. The summed E-state index contributed by atoms with van der Waals surface area (Å²) in [7, 11) is 1.84. The van der Waals surface area contributed by atoms with Crippen molar-refractivity contribution >= 4 is 11.8 Å². The van der Waals surface area contributed by atoms with Gasteiger partial charge in [-0.1, -0.05) is 54.6 Å². The number of nitrogens with one attached hydrogen (secondary N) is 2. The van der Waals surface area contributed by atoms with Crippen LogP contribution in [0.15, 0.2) is 67.0 Å². The SMILES string of the molecule is CN(CCc1cn[nH]c1)C(=O)CCC1(Cc2ccc(-c3ccccc3)cc2)CCC(=O)N1. The predicted octanol–water partition coefficient (Wildman–Crippen LogP) is 3.75.